The van der Waals surface area contributed by atoms with Gasteiger partial charge in [0, 0.05) is 22.9 Å². The van der Waals surface area contributed by atoms with Crippen molar-refractivity contribution >= 4 is 27.7 Å². The van der Waals surface area contributed by atoms with Crippen molar-refractivity contribution in [2.45, 2.75) is 19.8 Å². The Hall–Kier alpha value is -1.56. The average Bonchev–Trinajstić information content (AvgIpc) is 2.36. The van der Waals surface area contributed by atoms with Crippen LogP contribution in [0.15, 0.2) is 16.6 Å². The van der Waals surface area contributed by atoms with Crippen LogP contribution in [0.2, 0.25) is 0 Å². The normalized spacial score (nSPS) is 14.7. The number of halogens is 1. The number of hydrogen-bond acceptors (Lipinski definition) is 4. The van der Waals surface area contributed by atoms with Crippen LogP contribution < -0.4 is 9.47 Å². The molecule has 1 unspecified atom stereocenters. The Labute approximate surface area is 125 Å². The zero-order valence-electron chi connectivity index (χ0n) is 11.0. The highest BCUT2D eigenvalue weighted by atomic mass is 79.9. The summed E-state index contributed by atoms with van der Waals surface area (Å²) in [5, 5.41) is 8.72. The molecule has 2 rings (SSSR count). The maximum atomic E-state index is 12.2. The summed E-state index contributed by atoms with van der Waals surface area (Å²) in [6, 6.07) is 3.36. The first-order chi connectivity index (χ1) is 9.47. The number of aliphatic carboxylic acids is 1. The lowest BCUT2D eigenvalue weighted by Crippen LogP contribution is -2.16. The predicted octanol–water partition coefficient (Wildman–Crippen LogP) is 2.90. The van der Waals surface area contributed by atoms with Crippen LogP contribution >= 0.6 is 15.9 Å². The molecule has 1 aromatic carbocycles. The van der Waals surface area contributed by atoms with Crippen LogP contribution in [0.1, 0.15) is 30.1 Å². The van der Waals surface area contributed by atoms with Crippen LogP contribution in [-0.4, -0.2) is 30.1 Å². The average molecular weight is 343 g/mol. The van der Waals surface area contributed by atoms with Crippen molar-refractivity contribution in [2.24, 2.45) is 5.92 Å². The van der Waals surface area contributed by atoms with Gasteiger partial charge in [-0.25, -0.2) is 0 Å². The highest BCUT2D eigenvalue weighted by Crippen LogP contribution is 2.36. The third kappa shape index (κ3) is 3.50. The second kappa shape index (κ2) is 6.26. The fourth-order valence-electron chi connectivity index (χ4n) is 2.07. The largest absolute Gasteiger partial charge is 0.486 e. The molecule has 0 radical (unpaired) electrons. The molecular weight excluding hydrogens is 328 g/mol. The van der Waals surface area contributed by atoms with Gasteiger partial charge in [0.1, 0.15) is 13.2 Å². The van der Waals surface area contributed by atoms with Gasteiger partial charge in [-0.05, 0) is 34.0 Å². The van der Waals surface area contributed by atoms with Gasteiger partial charge >= 0.3 is 5.97 Å². The van der Waals surface area contributed by atoms with E-state index in [4.69, 9.17) is 14.6 Å². The fourth-order valence-corrected chi connectivity index (χ4v) is 2.62. The first kappa shape index (κ1) is 14.8. The maximum absolute atomic E-state index is 12.2. The summed E-state index contributed by atoms with van der Waals surface area (Å²) in [5.74, 6) is -0.0545. The van der Waals surface area contributed by atoms with Crippen molar-refractivity contribution < 1.29 is 24.2 Å². The molecule has 6 heteroatoms. The zero-order chi connectivity index (χ0) is 14.7. The Morgan fingerprint density at radius 1 is 1.25 bits per heavy atom. The number of carbonyl (C=O) groups excluding carboxylic acids is 1. The highest BCUT2D eigenvalue weighted by molar-refractivity contribution is 9.10. The van der Waals surface area contributed by atoms with E-state index >= 15 is 0 Å². The zero-order valence-corrected chi connectivity index (χ0v) is 12.6. The third-order valence-electron chi connectivity index (χ3n) is 2.99. The smallest absolute Gasteiger partial charge is 0.303 e. The number of carboxylic acid groups (broad SMARTS) is 1. The number of ether oxygens (including phenoxy) is 2. The van der Waals surface area contributed by atoms with E-state index in [-0.39, 0.29) is 24.5 Å². The minimum Gasteiger partial charge on any atom is -0.486 e. The molecule has 5 nitrogen and oxygen atoms in total. The summed E-state index contributed by atoms with van der Waals surface area (Å²) in [6.45, 7) is 2.69. The molecule has 1 N–H and O–H groups in total. The molecule has 0 aromatic heterocycles. The van der Waals surface area contributed by atoms with Gasteiger partial charge in [-0.3, -0.25) is 9.59 Å². The van der Waals surface area contributed by atoms with Crippen LogP contribution in [0.5, 0.6) is 11.5 Å². The summed E-state index contributed by atoms with van der Waals surface area (Å²) < 4.78 is 11.5. The van der Waals surface area contributed by atoms with E-state index in [0.29, 0.717) is 34.7 Å². The van der Waals surface area contributed by atoms with Crippen molar-refractivity contribution in [3.05, 3.63) is 22.2 Å². The number of carbonyl (C=O) groups is 2. The lowest BCUT2D eigenvalue weighted by atomic mass is 9.97. The molecular formula is C14H15BrO5. The predicted molar refractivity (Wildman–Crippen MR) is 75.5 cm³/mol. The Morgan fingerprint density at radius 3 is 2.45 bits per heavy atom. The summed E-state index contributed by atoms with van der Waals surface area (Å²) >= 11 is 3.34. The molecule has 1 heterocycles. The Kier molecular flexibility index (Phi) is 4.65. The lowest BCUT2D eigenvalue weighted by Gasteiger charge is -2.20. The molecule has 0 saturated heterocycles. The molecule has 1 aliphatic rings. The molecule has 20 heavy (non-hydrogen) atoms. The quantitative estimate of drug-likeness (QED) is 0.833. The minimum absolute atomic E-state index is 0.0199. The first-order valence-electron chi connectivity index (χ1n) is 6.31. The number of ketones is 1. The van der Waals surface area contributed by atoms with Crippen molar-refractivity contribution in [2.75, 3.05) is 13.2 Å². The third-order valence-corrected chi connectivity index (χ3v) is 3.65. The van der Waals surface area contributed by atoms with Crippen LogP contribution in [0, 0.1) is 5.92 Å². The topological polar surface area (TPSA) is 72.8 Å². The van der Waals surface area contributed by atoms with Crippen LogP contribution in [0.25, 0.3) is 0 Å². The Morgan fingerprint density at radius 2 is 1.85 bits per heavy atom. The van der Waals surface area contributed by atoms with E-state index < -0.39 is 5.97 Å². The van der Waals surface area contributed by atoms with Crippen molar-refractivity contribution in [1.82, 2.24) is 0 Å². The van der Waals surface area contributed by atoms with E-state index in [0.717, 1.165) is 0 Å². The molecule has 108 valence electrons. The monoisotopic (exact) mass is 342 g/mol. The van der Waals surface area contributed by atoms with Crippen LogP contribution in [-0.2, 0) is 4.79 Å². The van der Waals surface area contributed by atoms with Crippen LogP contribution in [0.3, 0.4) is 0 Å². The Bertz CT molecular complexity index is 541. The van der Waals surface area contributed by atoms with Gasteiger partial charge in [0.15, 0.2) is 17.3 Å². The van der Waals surface area contributed by atoms with Gasteiger partial charge in [-0.2, -0.15) is 0 Å². The first-order valence-corrected chi connectivity index (χ1v) is 7.11. The van der Waals surface area contributed by atoms with E-state index in [1.165, 1.54) is 0 Å². The van der Waals surface area contributed by atoms with E-state index in [1.807, 2.05) is 0 Å². The van der Waals surface area contributed by atoms with E-state index in [1.54, 1.807) is 19.1 Å². The molecule has 0 fully saturated rings. The summed E-state index contributed by atoms with van der Waals surface area (Å²) in [7, 11) is 0. The highest BCUT2D eigenvalue weighted by Gasteiger charge is 2.20. The molecule has 0 spiro atoms. The van der Waals surface area contributed by atoms with Gasteiger partial charge in [-0.1, -0.05) is 6.92 Å². The lowest BCUT2D eigenvalue weighted by molar-refractivity contribution is -0.137. The van der Waals surface area contributed by atoms with Gasteiger partial charge in [0.05, 0.1) is 0 Å². The minimum atomic E-state index is -0.897. The summed E-state index contributed by atoms with van der Waals surface area (Å²) in [4.78, 5) is 22.9. The van der Waals surface area contributed by atoms with Crippen molar-refractivity contribution in [1.29, 1.82) is 0 Å². The van der Waals surface area contributed by atoms with E-state index in [9.17, 15) is 9.59 Å². The number of carboxylic acids is 1. The molecule has 1 atom stereocenters. The number of fused-ring (bicyclic) bond motifs is 1. The molecule has 1 aromatic rings. The fraction of sp³-hybridized carbons (Fsp3) is 0.429. The molecule has 0 saturated carbocycles. The number of rotatable bonds is 5. The molecule has 1 aliphatic heterocycles. The van der Waals surface area contributed by atoms with Gasteiger partial charge in [0.25, 0.3) is 0 Å². The maximum Gasteiger partial charge on any atom is 0.303 e. The van der Waals surface area contributed by atoms with Gasteiger partial charge in [-0.15, -0.1) is 0 Å². The number of benzene rings is 1. The number of Topliss-reactive ketones (excluding diaryl/α,β-unsaturated/α-hetero) is 1. The molecule has 0 amide bonds. The van der Waals surface area contributed by atoms with Gasteiger partial charge < -0.3 is 14.6 Å². The van der Waals surface area contributed by atoms with Crippen LogP contribution in [0.4, 0.5) is 0 Å². The second-order valence-electron chi connectivity index (χ2n) is 4.81. The standard InChI is InChI=1S/C14H15BrO5/c1-8(5-14(17)18)4-11(16)9-6-12-13(7-10(9)15)20-3-2-19-12/h6-8H,2-5H2,1H3,(H,17,18). The SMILES string of the molecule is CC(CC(=O)O)CC(=O)c1cc2c(cc1Br)OCCO2. The summed E-state index contributed by atoms with van der Waals surface area (Å²) in [5.41, 5.74) is 0.492. The van der Waals surface area contributed by atoms with Gasteiger partial charge in [0.2, 0.25) is 0 Å². The number of hydrogen-bond donors (Lipinski definition) is 1. The van der Waals surface area contributed by atoms with Crippen molar-refractivity contribution in [3.63, 3.8) is 0 Å². The summed E-state index contributed by atoms with van der Waals surface area (Å²) in [6.07, 6.45) is 0.165. The molecule has 0 aliphatic carbocycles. The molecule has 0 bridgehead atoms. The van der Waals surface area contributed by atoms with Crippen molar-refractivity contribution in [3.8, 4) is 11.5 Å². The second-order valence-corrected chi connectivity index (χ2v) is 5.66. The van der Waals surface area contributed by atoms with E-state index in [2.05, 4.69) is 15.9 Å². The Balaban J connectivity index is 2.15.